The standard InChI is InChI=1S/C17H28ClN3/c1-4-9-19-12-14-7-8-15(18)11-17(14)21-10-5-6-16(21)13-20(2)3/h7-8,11,16,19H,4-6,9-10,12-13H2,1-3H3. The molecular formula is C17H28ClN3. The van der Waals surface area contributed by atoms with Crippen LogP contribution in [0.2, 0.25) is 5.02 Å². The maximum atomic E-state index is 6.25. The topological polar surface area (TPSA) is 18.5 Å². The predicted molar refractivity (Wildman–Crippen MR) is 92.4 cm³/mol. The number of halogens is 1. The van der Waals surface area contributed by atoms with Gasteiger partial charge in [-0.2, -0.15) is 0 Å². The smallest absolute Gasteiger partial charge is 0.0429 e. The van der Waals surface area contributed by atoms with Crippen molar-refractivity contribution < 1.29 is 0 Å². The van der Waals surface area contributed by atoms with Gasteiger partial charge >= 0.3 is 0 Å². The number of hydrogen-bond donors (Lipinski definition) is 1. The van der Waals surface area contributed by atoms with E-state index in [2.05, 4.69) is 48.3 Å². The third-order valence-corrected chi connectivity index (χ3v) is 4.29. The SMILES string of the molecule is CCCNCc1ccc(Cl)cc1N1CCCC1CN(C)C. The summed E-state index contributed by atoms with van der Waals surface area (Å²) >= 11 is 6.25. The molecule has 0 radical (unpaired) electrons. The van der Waals surface area contributed by atoms with Gasteiger partial charge in [0.05, 0.1) is 0 Å². The Balaban J connectivity index is 2.17. The number of likely N-dealkylation sites (N-methyl/N-ethyl adjacent to an activating group) is 1. The van der Waals surface area contributed by atoms with Crippen LogP contribution in [0.1, 0.15) is 31.7 Å². The van der Waals surface area contributed by atoms with E-state index in [9.17, 15) is 0 Å². The van der Waals surface area contributed by atoms with E-state index >= 15 is 0 Å². The predicted octanol–water partition coefficient (Wildman–Crippen LogP) is 3.37. The van der Waals surface area contributed by atoms with Crippen LogP contribution in [-0.4, -0.2) is 44.7 Å². The Hall–Kier alpha value is -0.770. The van der Waals surface area contributed by atoms with Crippen molar-refractivity contribution in [3.05, 3.63) is 28.8 Å². The van der Waals surface area contributed by atoms with E-state index < -0.39 is 0 Å². The summed E-state index contributed by atoms with van der Waals surface area (Å²) in [5.74, 6) is 0. The van der Waals surface area contributed by atoms with Crippen LogP contribution in [0.3, 0.4) is 0 Å². The monoisotopic (exact) mass is 309 g/mol. The molecule has 1 unspecified atom stereocenters. The van der Waals surface area contributed by atoms with Gasteiger partial charge in [-0.1, -0.05) is 24.6 Å². The fourth-order valence-corrected chi connectivity index (χ4v) is 3.28. The number of nitrogens with one attached hydrogen (secondary N) is 1. The Bertz CT molecular complexity index is 448. The summed E-state index contributed by atoms with van der Waals surface area (Å²) < 4.78 is 0. The van der Waals surface area contributed by atoms with E-state index in [-0.39, 0.29) is 0 Å². The zero-order chi connectivity index (χ0) is 15.2. The minimum Gasteiger partial charge on any atom is -0.367 e. The fourth-order valence-electron chi connectivity index (χ4n) is 3.12. The summed E-state index contributed by atoms with van der Waals surface area (Å²) in [4.78, 5) is 4.83. The highest BCUT2D eigenvalue weighted by atomic mass is 35.5. The quantitative estimate of drug-likeness (QED) is 0.779. The van der Waals surface area contributed by atoms with Crippen molar-refractivity contribution in [1.82, 2.24) is 10.2 Å². The van der Waals surface area contributed by atoms with Crippen LogP contribution in [0.5, 0.6) is 0 Å². The van der Waals surface area contributed by atoms with Gasteiger partial charge in [0.1, 0.15) is 0 Å². The zero-order valence-electron chi connectivity index (χ0n) is 13.5. The van der Waals surface area contributed by atoms with E-state index in [0.717, 1.165) is 37.6 Å². The average Bonchev–Trinajstić information content (AvgIpc) is 2.87. The second-order valence-electron chi connectivity index (χ2n) is 6.20. The molecule has 1 heterocycles. The van der Waals surface area contributed by atoms with Gasteiger partial charge in [-0.05, 0) is 57.6 Å². The first-order chi connectivity index (χ1) is 10.1. The van der Waals surface area contributed by atoms with Crippen molar-refractivity contribution in [2.24, 2.45) is 0 Å². The Morgan fingerprint density at radius 1 is 1.38 bits per heavy atom. The molecule has 1 aliphatic rings. The molecule has 0 aliphatic carbocycles. The lowest BCUT2D eigenvalue weighted by molar-refractivity contribution is 0.372. The minimum absolute atomic E-state index is 0.600. The van der Waals surface area contributed by atoms with E-state index in [1.807, 2.05) is 6.07 Å². The lowest BCUT2D eigenvalue weighted by Gasteiger charge is -2.31. The van der Waals surface area contributed by atoms with E-state index in [1.54, 1.807) is 0 Å². The molecule has 2 rings (SSSR count). The maximum absolute atomic E-state index is 6.25. The molecular weight excluding hydrogens is 282 g/mol. The molecule has 1 N–H and O–H groups in total. The van der Waals surface area contributed by atoms with Crippen molar-refractivity contribution in [1.29, 1.82) is 0 Å². The van der Waals surface area contributed by atoms with Gasteiger partial charge in [0, 0.05) is 36.4 Å². The second kappa shape index (κ2) is 8.02. The van der Waals surface area contributed by atoms with Crippen LogP contribution < -0.4 is 10.2 Å². The molecule has 1 aliphatic heterocycles. The van der Waals surface area contributed by atoms with Crippen LogP contribution in [0.15, 0.2) is 18.2 Å². The first-order valence-electron chi connectivity index (χ1n) is 8.02. The summed E-state index contributed by atoms with van der Waals surface area (Å²) in [5.41, 5.74) is 2.67. The van der Waals surface area contributed by atoms with E-state index in [1.165, 1.54) is 24.1 Å². The molecule has 0 bridgehead atoms. The van der Waals surface area contributed by atoms with Crippen LogP contribution in [-0.2, 0) is 6.54 Å². The summed E-state index contributed by atoms with van der Waals surface area (Å²) in [7, 11) is 4.30. The Kier molecular flexibility index (Phi) is 6.34. The van der Waals surface area contributed by atoms with Crippen molar-refractivity contribution in [3.8, 4) is 0 Å². The molecule has 3 nitrogen and oxygen atoms in total. The van der Waals surface area contributed by atoms with Gasteiger partial charge in [0.15, 0.2) is 0 Å². The molecule has 4 heteroatoms. The maximum Gasteiger partial charge on any atom is 0.0429 e. The molecule has 0 spiro atoms. The first kappa shape index (κ1) is 16.6. The lowest BCUT2D eigenvalue weighted by Crippen LogP contribution is -2.38. The van der Waals surface area contributed by atoms with Crippen LogP contribution in [0.4, 0.5) is 5.69 Å². The van der Waals surface area contributed by atoms with Gasteiger partial charge in [0.25, 0.3) is 0 Å². The lowest BCUT2D eigenvalue weighted by atomic mass is 10.1. The van der Waals surface area contributed by atoms with Gasteiger partial charge in [-0.3, -0.25) is 0 Å². The highest BCUT2D eigenvalue weighted by Gasteiger charge is 2.26. The molecule has 118 valence electrons. The first-order valence-corrected chi connectivity index (χ1v) is 8.40. The fraction of sp³-hybridized carbons (Fsp3) is 0.647. The Labute approximate surface area is 134 Å². The normalized spacial score (nSPS) is 18.7. The molecule has 1 saturated heterocycles. The zero-order valence-corrected chi connectivity index (χ0v) is 14.3. The van der Waals surface area contributed by atoms with Crippen molar-refractivity contribution in [2.45, 2.75) is 38.8 Å². The molecule has 1 aromatic rings. The third kappa shape index (κ3) is 4.60. The highest BCUT2D eigenvalue weighted by molar-refractivity contribution is 6.30. The largest absolute Gasteiger partial charge is 0.367 e. The molecule has 0 aromatic heterocycles. The Morgan fingerprint density at radius 2 is 2.19 bits per heavy atom. The average molecular weight is 310 g/mol. The molecule has 21 heavy (non-hydrogen) atoms. The molecule has 1 atom stereocenters. The summed E-state index contributed by atoms with van der Waals surface area (Å²) in [6.07, 6.45) is 3.70. The van der Waals surface area contributed by atoms with Crippen molar-refractivity contribution >= 4 is 17.3 Å². The van der Waals surface area contributed by atoms with E-state index in [0.29, 0.717) is 6.04 Å². The van der Waals surface area contributed by atoms with Crippen LogP contribution in [0.25, 0.3) is 0 Å². The molecule has 0 saturated carbocycles. The van der Waals surface area contributed by atoms with Crippen LogP contribution in [0, 0.1) is 0 Å². The van der Waals surface area contributed by atoms with Gasteiger partial charge in [-0.25, -0.2) is 0 Å². The number of rotatable bonds is 7. The number of hydrogen-bond acceptors (Lipinski definition) is 3. The minimum atomic E-state index is 0.600. The second-order valence-corrected chi connectivity index (χ2v) is 6.64. The van der Waals surface area contributed by atoms with Gasteiger partial charge in [0.2, 0.25) is 0 Å². The van der Waals surface area contributed by atoms with Gasteiger partial charge in [-0.15, -0.1) is 0 Å². The summed E-state index contributed by atoms with van der Waals surface area (Å²) in [6, 6.07) is 6.91. The number of benzene rings is 1. The molecule has 1 fully saturated rings. The van der Waals surface area contributed by atoms with Crippen molar-refractivity contribution in [2.75, 3.05) is 38.6 Å². The van der Waals surface area contributed by atoms with Crippen LogP contribution >= 0.6 is 11.6 Å². The molecule has 0 amide bonds. The number of nitrogens with zero attached hydrogens (tertiary/aromatic N) is 2. The summed E-state index contributed by atoms with van der Waals surface area (Å²) in [6.45, 7) is 6.42. The Morgan fingerprint density at radius 3 is 2.90 bits per heavy atom. The third-order valence-electron chi connectivity index (χ3n) is 4.05. The molecule has 1 aromatic carbocycles. The highest BCUT2D eigenvalue weighted by Crippen LogP contribution is 2.31. The van der Waals surface area contributed by atoms with E-state index in [4.69, 9.17) is 11.6 Å². The van der Waals surface area contributed by atoms with Gasteiger partial charge < -0.3 is 15.1 Å². The number of anilines is 1. The van der Waals surface area contributed by atoms with Crippen molar-refractivity contribution in [3.63, 3.8) is 0 Å². The summed E-state index contributed by atoms with van der Waals surface area (Å²) in [5, 5.41) is 4.34.